The number of carbonyl (C=O) groups excluding carboxylic acids is 2. The predicted octanol–water partition coefficient (Wildman–Crippen LogP) is 4.99. The smallest absolute Gasteiger partial charge is 0.260 e. The summed E-state index contributed by atoms with van der Waals surface area (Å²) in [6.07, 6.45) is 3.25. The molecule has 0 saturated carbocycles. The molecule has 2 amide bonds. The lowest BCUT2D eigenvalue weighted by Gasteiger charge is -2.23. The largest absolute Gasteiger partial charge is 0.484 e. The number of benzene rings is 2. The highest BCUT2D eigenvalue weighted by atomic mass is 35.5. The van der Waals surface area contributed by atoms with Gasteiger partial charge in [0, 0.05) is 31.2 Å². The van der Waals surface area contributed by atoms with Crippen molar-refractivity contribution in [2.24, 2.45) is 0 Å². The number of hydrogen-bond acceptors (Lipinski definition) is 5. The van der Waals surface area contributed by atoms with Crippen LogP contribution in [-0.4, -0.2) is 54.5 Å². The molecule has 0 spiro atoms. The number of nitrogens with zero attached hydrogens (tertiary/aromatic N) is 3. The highest BCUT2D eigenvalue weighted by Gasteiger charge is 2.21. The molecular weight excluding hydrogens is 476 g/mol. The Hall–Kier alpha value is -3.58. The Bertz CT molecular complexity index is 1140. The van der Waals surface area contributed by atoms with Gasteiger partial charge < -0.3 is 19.9 Å². The van der Waals surface area contributed by atoms with E-state index in [9.17, 15) is 9.59 Å². The molecule has 2 aromatic carbocycles. The molecule has 7 nitrogen and oxygen atoms in total. The normalized spacial score (nSPS) is 14.6. The summed E-state index contributed by atoms with van der Waals surface area (Å²) in [6, 6.07) is 20.6. The quantitative estimate of drug-likeness (QED) is 0.466. The fourth-order valence-corrected chi connectivity index (χ4v) is 4.42. The molecule has 1 aliphatic rings. The fraction of sp³-hybridized carbons (Fsp3) is 0.321. The van der Waals surface area contributed by atoms with Gasteiger partial charge >= 0.3 is 0 Å². The zero-order valence-electron chi connectivity index (χ0n) is 20.4. The van der Waals surface area contributed by atoms with Crippen LogP contribution in [0.25, 0.3) is 0 Å². The number of aromatic nitrogens is 1. The SMILES string of the molecule is CC[C@@H](C(=O)Nc1ccc(N2CCCN(C(=O)COc3ccc(Cl)cc3)CC2)nc1)c1ccccc1. The van der Waals surface area contributed by atoms with Crippen LogP contribution in [0.5, 0.6) is 5.75 Å². The van der Waals surface area contributed by atoms with Gasteiger partial charge in [-0.2, -0.15) is 0 Å². The van der Waals surface area contributed by atoms with Crippen LogP contribution in [0.15, 0.2) is 72.9 Å². The van der Waals surface area contributed by atoms with Crippen LogP contribution in [-0.2, 0) is 9.59 Å². The maximum Gasteiger partial charge on any atom is 0.260 e. The minimum Gasteiger partial charge on any atom is -0.484 e. The molecule has 36 heavy (non-hydrogen) atoms. The maximum absolute atomic E-state index is 12.8. The Morgan fingerprint density at radius 3 is 2.47 bits per heavy atom. The summed E-state index contributed by atoms with van der Waals surface area (Å²) in [7, 11) is 0. The minimum atomic E-state index is -0.205. The average molecular weight is 507 g/mol. The highest BCUT2D eigenvalue weighted by molar-refractivity contribution is 6.30. The first kappa shape index (κ1) is 25.5. The topological polar surface area (TPSA) is 74.8 Å². The first-order chi connectivity index (χ1) is 17.5. The van der Waals surface area contributed by atoms with Crippen molar-refractivity contribution in [1.29, 1.82) is 0 Å². The van der Waals surface area contributed by atoms with Crippen molar-refractivity contribution in [3.05, 3.63) is 83.5 Å². The molecule has 8 heteroatoms. The van der Waals surface area contributed by atoms with E-state index in [1.165, 1.54) is 0 Å². The second kappa shape index (κ2) is 12.4. The molecule has 1 N–H and O–H groups in total. The molecule has 0 unspecified atom stereocenters. The molecule has 0 bridgehead atoms. The number of rotatable bonds is 8. The molecule has 1 saturated heterocycles. The van der Waals surface area contributed by atoms with Gasteiger partial charge in [-0.3, -0.25) is 9.59 Å². The van der Waals surface area contributed by atoms with E-state index in [1.807, 2.05) is 54.3 Å². The van der Waals surface area contributed by atoms with Crippen LogP contribution in [0.1, 0.15) is 31.2 Å². The molecule has 1 aliphatic heterocycles. The van der Waals surface area contributed by atoms with E-state index >= 15 is 0 Å². The van der Waals surface area contributed by atoms with Gasteiger partial charge in [0.25, 0.3) is 5.91 Å². The Labute approximate surface area is 217 Å². The minimum absolute atomic E-state index is 0.00396. The molecule has 1 atom stereocenters. The predicted molar refractivity (Wildman–Crippen MR) is 143 cm³/mol. The van der Waals surface area contributed by atoms with Crippen molar-refractivity contribution in [1.82, 2.24) is 9.88 Å². The van der Waals surface area contributed by atoms with Gasteiger partial charge in [-0.05, 0) is 54.8 Å². The highest BCUT2D eigenvalue weighted by Crippen LogP contribution is 2.23. The zero-order chi connectivity index (χ0) is 25.3. The zero-order valence-corrected chi connectivity index (χ0v) is 21.2. The maximum atomic E-state index is 12.8. The van der Waals surface area contributed by atoms with E-state index < -0.39 is 0 Å². The van der Waals surface area contributed by atoms with Crippen LogP contribution in [0.3, 0.4) is 0 Å². The number of carbonyl (C=O) groups is 2. The van der Waals surface area contributed by atoms with E-state index in [0.717, 1.165) is 30.8 Å². The number of halogens is 1. The van der Waals surface area contributed by atoms with E-state index in [4.69, 9.17) is 16.3 Å². The van der Waals surface area contributed by atoms with Gasteiger partial charge in [-0.15, -0.1) is 0 Å². The van der Waals surface area contributed by atoms with Crippen molar-refractivity contribution < 1.29 is 14.3 Å². The van der Waals surface area contributed by atoms with E-state index in [2.05, 4.69) is 15.2 Å². The van der Waals surface area contributed by atoms with Crippen LogP contribution in [0.2, 0.25) is 5.02 Å². The lowest BCUT2D eigenvalue weighted by molar-refractivity contribution is -0.133. The third-order valence-electron chi connectivity index (χ3n) is 6.29. The van der Waals surface area contributed by atoms with Gasteiger partial charge in [0.15, 0.2) is 6.61 Å². The summed E-state index contributed by atoms with van der Waals surface area (Å²) in [4.78, 5) is 34.1. The summed E-state index contributed by atoms with van der Waals surface area (Å²) >= 11 is 5.89. The van der Waals surface area contributed by atoms with E-state index in [1.54, 1.807) is 30.5 Å². The summed E-state index contributed by atoms with van der Waals surface area (Å²) in [6.45, 7) is 4.75. The molecule has 1 fully saturated rings. The van der Waals surface area contributed by atoms with Crippen molar-refractivity contribution in [3.63, 3.8) is 0 Å². The van der Waals surface area contributed by atoms with Gasteiger partial charge in [-0.25, -0.2) is 4.98 Å². The Morgan fingerprint density at radius 1 is 1.00 bits per heavy atom. The molecule has 188 valence electrons. The average Bonchev–Trinajstić information content (AvgIpc) is 3.16. The molecule has 3 aromatic rings. The Balaban J connectivity index is 1.29. The van der Waals surface area contributed by atoms with Gasteiger partial charge in [-0.1, -0.05) is 48.9 Å². The number of amides is 2. The Kier molecular flexibility index (Phi) is 8.79. The standard InChI is InChI=1S/C28H31ClN4O3/c1-2-25(21-7-4-3-5-8-21)28(35)31-23-11-14-26(30-19-23)32-15-6-16-33(18-17-32)27(34)20-36-24-12-9-22(29)10-13-24/h3-5,7-14,19,25H,2,6,15-18,20H2,1H3,(H,31,35)/t25-/m1/s1. The molecule has 4 rings (SSSR count). The van der Waals surface area contributed by atoms with Crippen LogP contribution in [0.4, 0.5) is 11.5 Å². The van der Waals surface area contributed by atoms with Crippen LogP contribution in [0, 0.1) is 0 Å². The fourth-order valence-electron chi connectivity index (χ4n) is 4.30. The summed E-state index contributed by atoms with van der Waals surface area (Å²) in [5, 5.41) is 3.62. The summed E-state index contributed by atoms with van der Waals surface area (Å²) in [5.74, 6) is 1.16. The molecule has 1 aromatic heterocycles. The van der Waals surface area contributed by atoms with Crippen molar-refractivity contribution in [2.75, 3.05) is 43.0 Å². The third kappa shape index (κ3) is 6.76. The second-order valence-corrected chi connectivity index (χ2v) is 9.17. The number of pyridine rings is 1. The lowest BCUT2D eigenvalue weighted by Crippen LogP contribution is -2.38. The lowest BCUT2D eigenvalue weighted by atomic mass is 9.95. The van der Waals surface area contributed by atoms with Crippen molar-refractivity contribution >= 4 is 34.9 Å². The third-order valence-corrected chi connectivity index (χ3v) is 6.54. The molecule has 2 heterocycles. The monoisotopic (exact) mass is 506 g/mol. The number of hydrogen-bond donors (Lipinski definition) is 1. The van der Waals surface area contributed by atoms with Crippen LogP contribution >= 0.6 is 11.6 Å². The first-order valence-corrected chi connectivity index (χ1v) is 12.6. The van der Waals surface area contributed by atoms with Gasteiger partial charge in [0.2, 0.25) is 5.91 Å². The van der Waals surface area contributed by atoms with Crippen molar-refractivity contribution in [3.8, 4) is 5.75 Å². The number of ether oxygens (including phenoxy) is 1. The molecule has 0 aliphatic carbocycles. The number of nitrogens with one attached hydrogen (secondary N) is 1. The van der Waals surface area contributed by atoms with E-state index in [-0.39, 0.29) is 24.3 Å². The summed E-state index contributed by atoms with van der Waals surface area (Å²) < 4.78 is 5.62. The van der Waals surface area contributed by atoms with Gasteiger partial charge in [0.05, 0.1) is 17.8 Å². The summed E-state index contributed by atoms with van der Waals surface area (Å²) in [5.41, 5.74) is 1.67. The number of anilines is 2. The van der Waals surface area contributed by atoms with Gasteiger partial charge in [0.1, 0.15) is 11.6 Å². The van der Waals surface area contributed by atoms with Crippen molar-refractivity contribution in [2.45, 2.75) is 25.7 Å². The van der Waals surface area contributed by atoms with Crippen LogP contribution < -0.4 is 15.0 Å². The Morgan fingerprint density at radius 2 is 1.78 bits per heavy atom. The molecular formula is C28H31ClN4O3. The first-order valence-electron chi connectivity index (χ1n) is 12.3. The van der Waals surface area contributed by atoms with E-state index in [0.29, 0.717) is 36.1 Å². The second-order valence-electron chi connectivity index (χ2n) is 8.73. The molecule has 0 radical (unpaired) electrons.